The molecule has 3 rings (SSSR count). The highest BCUT2D eigenvalue weighted by atomic mass is 35.5. The van der Waals surface area contributed by atoms with E-state index < -0.39 is 11.0 Å². The van der Waals surface area contributed by atoms with Gasteiger partial charge in [-0.3, -0.25) is 14.9 Å². The Morgan fingerprint density at radius 2 is 1.24 bits per heavy atom. The van der Waals surface area contributed by atoms with E-state index in [0.29, 0.717) is 22.9 Å². The van der Waals surface area contributed by atoms with Crippen molar-refractivity contribution < 1.29 is 14.5 Å². The van der Waals surface area contributed by atoms with E-state index in [9.17, 15) is 14.9 Å². The van der Waals surface area contributed by atoms with Gasteiger partial charge < -0.3 is 10.1 Å². The first-order chi connectivity index (χ1) is 20.0. The largest absolute Gasteiger partial charge is 0.481 e. The Balaban J connectivity index is 1.48. The molecule has 7 heteroatoms. The average molecular weight is 579 g/mol. The number of amides is 1. The van der Waals surface area contributed by atoms with Crippen LogP contribution in [0.3, 0.4) is 0 Å². The number of benzene rings is 3. The zero-order valence-corrected chi connectivity index (χ0v) is 24.9. The molecule has 0 aliphatic carbocycles. The number of carbonyl (C=O) groups excluding carboxylic acids is 1. The van der Waals surface area contributed by atoms with Crippen molar-refractivity contribution in [2.24, 2.45) is 0 Å². The molecule has 0 heterocycles. The van der Waals surface area contributed by atoms with E-state index in [1.807, 2.05) is 24.3 Å². The van der Waals surface area contributed by atoms with Gasteiger partial charge in [-0.1, -0.05) is 101 Å². The summed E-state index contributed by atoms with van der Waals surface area (Å²) in [5.74, 6) is 0.424. The van der Waals surface area contributed by atoms with Crippen LogP contribution < -0.4 is 10.1 Å². The van der Waals surface area contributed by atoms with E-state index in [2.05, 4.69) is 12.2 Å². The Bertz CT molecular complexity index is 1180. The second-order valence-corrected chi connectivity index (χ2v) is 11.0. The molecular formula is C34H43ClN2O4. The third-order valence-electron chi connectivity index (χ3n) is 7.27. The standard InChI is InChI=1S/C34H43ClN2O4/c1-2-3-4-5-6-7-8-9-10-11-12-13-14-33(41-32-25-19-29(35)20-26-32)34(38)36-30-21-15-27(16-22-30)28-17-23-31(24-18-28)37(39)40/h15-26,33H,2-14H2,1H3,(H,36,38). The summed E-state index contributed by atoms with van der Waals surface area (Å²) in [5, 5.41) is 14.5. The first-order valence-corrected chi connectivity index (χ1v) is 15.4. The maximum atomic E-state index is 13.2. The van der Waals surface area contributed by atoms with E-state index in [1.165, 1.54) is 76.3 Å². The normalized spacial score (nSPS) is 11.7. The molecule has 1 atom stereocenters. The molecule has 0 aromatic heterocycles. The molecule has 1 unspecified atom stereocenters. The summed E-state index contributed by atoms with van der Waals surface area (Å²) in [6.45, 7) is 2.25. The van der Waals surface area contributed by atoms with Crippen LogP contribution in [0.1, 0.15) is 90.4 Å². The Morgan fingerprint density at radius 3 is 1.76 bits per heavy atom. The molecule has 0 bridgehead atoms. The van der Waals surface area contributed by atoms with Crippen LogP contribution in [0.25, 0.3) is 11.1 Å². The summed E-state index contributed by atoms with van der Waals surface area (Å²) >= 11 is 6.02. The molecule has 1 amide bonds. The molecule has 3 aromatic rings. The second kappa shape index (κ2) is 18.1. The quantitative estimate of drug-likeness (QED) is 0.0871. The number of nitro groups is 1. The zero-order chi connectivity index (χ0) is 29.3. The van der Waals surface area contributed by atoms with Crippen LogP contribution in [0, 0.1) is 10.1 Å². The second-order valence-electron chi connectivity index (χ2n) is 10.6. The molecule has 0 spiro atoms. The van der Waals surface area contributed by atoms with Gasteiger partial charge in [0.25, 0.3) is 11.6 Å². The molecule has 1 N–H and O–H groups in total. The van der Waals surface area contributed by atoms with Gasteiger partial charge in [0.15, 0.2) is 6.10 Å². The maximum Gasteiger partial charge on any atom is 0.269 e. The first-order valence-electron chi connectivity index (χ1n) is 15.0. The Labute approximate surface area is 249 Å². The third kappa shape index (κ3) is 11.9. The predicted molar refractivity (Wildman–Crippen MR) is 169 cm³/mol. The number of unbranched alkanes of at least 4 members (excludes halogenated alkanes) is 11. The fraction of sp³-hybridized carbons (Fsp3) is 0.441. The molecule has 3 aromatic carbocycles. The highest BCUT2D eigenvalue weighted by molar-refractivity contribution is 6.30. The van der Waals surface area contributed by atoms with Gasteiger partial charge in [0.05, 0.1) is 4.92 Å². The van der Waals surface area contributed by atoms with Gasteiger partial charge in [-0.15, -0.1) is 0 Å². The zero-order valence-electron chi connectivity index (χ0n) is 24.2. The first kappa shape index (κ1) is 32.1. The van der Waals surface area contributed by atoms with Crippen LogP contribution in [0.2, 0.25) is 5.02 Å². The van der Waals surface area contributed by atoms with Gasteiger partial charge in [0.1, 0.15) is 5.75 Å². The van der Waals surface area contributed by atoms with E-state index >= 15 is 0 Å². The number of ether oxygens (including phenoxy) is 1. The van der Waals surface area contributed by atoms with Crippen LogP contribution in [0.4, 0.5) is 11.4 Å². The summed E-state index contributed by atoms with van der Waals surface area (Å²) in [5.41, 5.74) is 2.49. The summed E-state index contributed by atoms with van der Waals surface area (Å²) < 4.78 is 6.10. The average Bonchev–Trinajstić information content (AvgIpc) is 2.98. The maximum absolute atomic E-state index is 13.2. The molecule has 220 valence electrons. The van der Waals surface area contributed by atoms with E-state index in [-0.39, 0.29) is 11.6 Å². The van der Waals surface area contributed by atoms with Crippen molar-refractivity contribution in [1.82, 2.24) is 0 Å². The van der Waals surface area contributed by atoms with Gasteiger partial charge >= 0.3 is 0 Å². The lowest BCUT2D eigenvalue weighted by molar-refractivity contribution is -0.384. The Kier molecular flexibility index (Phi) is 14.2. The lowest BCUT2D eigenvalue weighted by Crippen LogP contribution is -2.33. The fourth-order valence-electron chi connectivity index (χ4n) is 4.84. The number of hydrogen-bond donors (Lipinski definition) is 1. The van der Waals surface area contributed by atoms with Crippen molar-refractivity contribution in [2.75, 3.05) is 5.32 Å². The van der Waals surface area contributed by atoms with Crippen molar-refractivity contribution in [3.63, 3.8) is 0 Å². The monoisotopic (exact) mass is 578 g/mol. The number of rotatable bonds is 19. The predicted octanol–water partition coefficient (Wildman–Crippen LogP) is 10.4. The molecular weight excluding hydrogens is 536 g/mol. The van der Waals surface area contributed by atoms with Crippen molar-refractivity contribution in [3.05, 3.63) is 87.9 Å². The van der Waals surface area contributed by atoms with E-state index in [4.69, 9.17) is 16.3 Å². The van der Waals surface area contributed by atoms with Crippen molar-refractivity contribution >= 4 is 28.9 Å². The molecule has 0 fully saturated rings. The van der Waals surface area contributed by atoms with Gasteiger partial charge in [0.2, 0.25) is 0 Å². The highest BCUT2D eigenvalue weighted by Crippen LogP contribution is 2.25. The molecule has 0 aliphatic rings. The van der Waals surface area contributed by atoms with E-state index in [1.54, 1.807) is 36.4 Å². The third-order valence-corrected chi connectivity index (χ3v) is 7.52. The number of nitrogens with one attached hydrogen (secondary N) is 1. The summed E-state index contributed by atoms with van der Waals surface area (Å²) in [6.07, 6.45) is 15.1. The number of non-ortho nitro benzene ring substituents is 1. The lowest BCUT2D eigenvalue weighted by atomic mass is 10.0. The number of anilines is 1. The molecule has 0 saturated carbocycles. The highest BCUT2D eigenvalue weighted by Gasteiger charge is 2.20. The molecule has 0 radical (unpaired) electrons. The van der Waals surface area contributed by atoms with Crippen molar-refractivity contribution in [1.29, 1.82) is 0 Å². The van der Waals surface area contributed by atoms with Crippen LogP contribution in [0.15, 0.2) is 72.8 Å². The summed E-state index contributed by atoms with van der Waals surface area (Å²) in [6, 6.07) is 20.9. The van der Waals surface area contributed by atoms with Crippen LogP contribution in [-0.4, -0.2) is 16.9 Å². The number of halogens is 1. The Hall–Kier alpha value is -3.38. The summed E-state index contributed by atoms with van der Waals surface area (Å²) in [4.78, 5) is 23.7. The molecule has 6 nitrogen and oxygen atoms in total. The van der Waals surface area contributed by atoms with Crippen LogP contribution in [0.5, 0.6) is 5.75 Å². The van der Waals surface area contributed by atoms with Gasteiger partial charge in [-0.05, 0) is 72.5 Å². The minimum absolute atomic E-state index is 0.0533. The number of nitrogens with zero attached hydrogens (tertiary/aromatic N) is 1. The minimum Gasteiger partial charge on any atom is -0.481 e. The fourth-order valence-corrected chi connectivity index (χ4v) is 4.96. The van der Waals surface area contributed by atoms with Crippen LogP contribution in [-0.2, 0) is 4.79 Å². The SMILES string of the molecule is CCCCCCCCCCCCCCC(Oc1ccc(Cl)cc1)C(=O)Nc1ccc(-c2ccc([N+](=O)[O-])cc2)cc1. The Morgan fingerprint density at radius 1 is 0.756 bits per heavy atom. The molecule has 0 aliphatic heterocycles. The smallest absolute Gasteiger partial charge is 0.269 e. The minimum atomic E-state index is -0.617. The number of hydrogen-bond acceptors (Lipinski definition) is 4. The molecule has 41 heavy (non-hydrogen) atoms. The number of carbonyl (C=O) groups is 1. The van der Waals surface area contributed by atoms with E-state index in [0.717, 1.165) is 24.0 Å². The van der Waals surface area contributed by atoms with Gasteiger partial charge in [-0.25, -0.2) is 0 Å². The van der Waals surface area contributed by atoms with Crippen molar-refractivity contribution in [3.8, 4) is 16.9 Å². The van der Waals surface area contributed by atoms with Gasteiger partial charge in [-0.2, -0.15) is 0 Å². The van der Waals surface area contributed by atoms with Crippen LogP contribution >= 0.6 is 11.6 Å². The lowest BCUT2D eigenvalue weighted by Gasteiger charge is -2.19. The topological polar surface area (TPSA) is 81.5 Å². The van der Waals surface area contributed by atoms with Crippen molar-refractivity contribution in [2.45, 2.75) is 96.5 Å². The summed E-state index contributed by atoms with van der Waals surface area (Å²) in [7, 11) is 0. The molecule has 0 saturated heterocycles. The van der Waals surface area contributed by atoms with Gasteiger partial charge in [0, 0.05) is 22.8 Å². The number of nitro benzene ring substituents is 1.